The van der Waals surface area contributed by atoms with Crippen molar-refractivity contribution in [1.82, 2.24) is 10.0 Å². The molecule has 0 bridgehead atoms. The van der Waals surface area contributed by atoms with Gasteiger partial charge in [0, 0.05) is 30.5 Å². The van der Waals surface area contributed by atoms with Crippen molar-refractivity contribution in [3.05, 3.63) is 76.7 Å². The fraction of sp³-hybridized carbons (Fsp3) is 0.464. The quantitative estimate of drug-likeness (QED) is 0.303. The Hall–Kier alpha value is -2.30. The van der Waals surface area contributed by atoms with Gasteiger partial charge in [-0.05, 0) is 67.8 Å². The van der Waals surface area contributed by atoms with E-state index in [0.717, 1.165) is 42.0 Å². The molecule has 9 heteroatoms. The summed E-state index contributed by atoms with van der Waals surface area (Å²) in [6.07, 6.45) is 8.77. The number of benzene rings is 1. The van der Waals surface area contributed by atoms with Crippen LogP contribution in [-0.4, -0.2) is 44.3 Å². The number of aromatic nitrogens is 1. The Morgan fingerprint density at radius 1 is 1.05 bits per heavy atom. The van der Waals surface area contributed by atoms with Crippen LogP contribution in [0, 0.1) is 0 Å². The minimum atomic E-state index is -3.99. The maximum absolute atomic E-state index is 13.2. The first-order chi connectivity index (χ1) is 17.9. The highest BCUT2D eigenvalue weighted by Gasteiger charge is 2.48. The summed E-state index contributed by atoms with van der Waals surface area (Å²) >= 11 is 1.52. The number of thiophene rings is 1. The maximum Gasteiger partial charge on any atom is 0.313 e. The normalized spacial score (nSPS) is 21.5. The number of ether oxygens (including phenoxy) is 2. The zero-order chi connectivity index (χ0) is 25.8. The summed E-state index contributed by atoms with van der Waals surface area (Å²) in [5.74, 6) is 0.728. The standard InChI is InChI=1S/C28H34N2O5S2/c1-33-24-12-20-36-25(24)21-30(35-37(31,32)23-9-3-2-4-10-23)18-15-27(26-11-5-8-17-29-26)16-19-34-28(22-27)13-6-7-14-28/h2-5,8-12,17,20H,6-7,13-16,18-19,21-22H2,1H3/t27-/m1/s1. The van der Waals surface area contributed by atoms with E-state index in [1.165, 1.54) is 24.2 Å². The highest BCUT2D eigenvalue weighted by atomic mass is 32.2. The molecule has 0 amide bonds. The van der Waals surface area contributed by atoms with Crippen LogP contribution in [0.5, 0.6) is 5.75 Å². The zero-order valence-electron chi connectivity index (χ0n) is 21.2. The number of hydrogen-bond acceptors (Lipinski definition) is 8. The van der Waals surface area contributed by atoms with Gasteiger partial charge < -0.3 is 9.47 Å². The van der Waals surface area contributed by atoms with Crippen LogP contribution in [0.4, 0.5) is 0 Å². The van der Waals surface area contributed by atoms with Gasteiger partial charge in [-0.3, -0.25) is 4.98 Å². The molecule has 1 saturated carbocycles. The van der Waals surface area contributed by atoms with E-state index in [9.17, 15) is 8.42 Å². The Bertz CT molecular complexity index is 1260. The molecule has 1 spiro atoms. The Balaban J connectivity index is 1.43. The number of hydrogen-bond donors (Lipinski definition) is 0. The summed E-state index contributed by atoms with van der Waals surface area (Å²) in [6, 6.07) is 16.2. The fourth-order valence-electron chi connectivity index (χ4n) is 5.83. The summed E-state index contributed by atoms with van der Waals surface area (Å²) in [5, 5.41) is 3.51. The lowest BCUT2D eigenvalue weighted by atomic mass is 9.68. The van der Waals surface area contributed by atoms with Gasteiger partial charge >= 0.3 is 10.1 Å². The van der Waals surface area contributed by atoms with Crippen LogP contribution >= 0.6 is 11.3 Å². The van der Waals surface area contributed by atoms with Crippen molar-refractivity contribution in [2.45, 2.75) is 67.4 Å². The molecule has 1 saturated heterocycles. The van der Waals surface area contributed by atoms with E-state index in [2.05, 4.69) is 6.07 Å². The maximum atomic E-state index is 13.2. The second-order valence-electron chi connectivity index (χ2n) is 10.0. The summed E-state index contributed by atoms with van der Waals surface area (Å²) in [7, 11) is -2.37. The van der Waals surface area contributed by atoms with Gasteiger partial charge in [0.2, 0.25) is 0 Å². The molecular weight excluding hydrogens is 508 g/mol. The first-order valence-corrected chi connectivity index (χ1v) is 15.1. The molecule has 3 heterocycles. The summed E-state index contributed by atoms with van der Waals surface area (Å²) < 4.78 is 44.1. The molecule has 0 unspecified atom stereocenters. The third-order valence-corrected chi connectivity index (χ3v) is 9.84. The van der Waals surface area contributed by atoms with E-state index in [-0.39, 0.29) is 15.9 Å². The van der Waals surface area contributed by atoms with E-state index < -0.39 is 10.1 Å². The molecule has 0 N–H and O–H groups in total. The van der Waals surface area contributed by atoms with Crippen molar-refractivity contribution < 1.29 is 22.2 Å². The van der Waals surface area contributed by atoms with E-state index in [0.29, 0.717) is 26.1 Å². The average Bonchev–Trinajstić information content (AvgIpc) is 3.57. The molecule has 37 heavy (non-hydrogen) atoms. The molecule has 7 nitrogen and oxygen atoms in total. The van der Waals surface area contributed by atoms with Gasteiger partial charge in [0.05, 0.1) is 29.0 Å². The molecule has 1 aliphatic heterocycles. The summed E-state index contributed by atoms with van der Waals surface area (Å²) in [4.78, 5) is 5.83. The molecule has 1 aliphatic carbocycles. The molecule has 1 aromatic carbocycles. The predicted octanol–water partition coefficient (Wildman–Crippen LogP) is 5.73. The van der Waals surface area contributed by atoms with Crippen LogP contribution in [-0.2, 0) is 31.1 Å². The van der Waals surface area contributed by atoms with E-state index >= 15 is 0 Å². The summed E-state index contributed by atoms with van der Waals surface area (Å²) in [5.41, 5.74) is 0.708. The van der Waals surface area contributed by atoms with Crippen LogP contribution in [0.15, 0.2) is 71.1 Å². The second-order valence-corrected chi connectivity index (χ2v) is 12.6. The van der Waals surface area contributed by atoms with Crippen molar-refractivity contribution in [1.29, 1.82) is 0 Å². The number of methoxy groups -OCH3 is 1. The summed E-state index contributed by atoms with van der Waals surface area (Å²) in [6.45, 7) is 1.39. The van der Waals surface area contributed by atoms with Gasteiger partial charge in [-0.1, -0.05) is 37.1 Å². The fourth-order valence-corrected chi connectivity index (χ4v) is 7.66. The van der Waals surface area contributed by atoms with Crippen LogP contribution in [0.3, 0.4) is 0 Å². The lowest BCUT2D eigenvalue weighted by molar-refractivity contribution is -0.115. The Labute approximate surface area is 223 Å². The lowest BCUT2D eigenvalue weighted by Gasteiger charge is -2.47. The molecule has 2 aromatic heterocycles. The van der Waals surface area contributed by atoms with Gasteiger partial charge in [-0.25, -0.2) is 0 Å². The molecule has 5 rings (SSSR count). The molecule has 2 aliphatic rings. The number of nitrogens with zero attached hydrogens (tertiary/aromatic N) is 2. The van der Waals surface area contributed by atoms with E-state index in [4.69, 9.17) is 18.7 Å². The van der Waals surface area contributed by atoms with Crippen molar-refractivity contribution in [2.24, 2.45) is 0 Å². The topological polar surface area (TPSA) is 78.0 Å². The molecule has 1 atom stereocenters. The highest BCUT2D eigenvalue weighted by molar-refractivity contribution is 7.86. The minimum absolute atomic E-state index is 0.117. The molecule has 198 valence electrons. The van der Waals surface area contributed by atoms with Gasteiger partial charge in [0.25, 0.3) is 0 Å². The molecule has 0 radical (unpaired) electrons. The Kier molecular flexibility index (Phi) is 7.97. The van der Waals surface area contributed by atoms with E-state index in [1.54, 1.807) is 42.5 Å². The number of pyridine rings is 1. The third-order valence-electron chi connectivity index (χ3n) is 7.69. The SMILES string of the molecule is COc1ccsc1CN(CC[C@@]1(c2ccccn2)CCOC2(CCCC2)C1)OS(=O)(=O)c1ccccc1. The second kappa shape index (κ2) is 11.2. The van der Waals surface area contributed by atoms with Crippen molar-refractivity contribution in [3.8, 4) is 5.75 Å². The Morgan fingerprint density at radius 3 is 2.57 bits per heavy atom. The molecule has 2 fully saturated rings. The Morgan fingerprint density at radius 2 is 1.84 bits per heavy atom. The van der Waals surface area contributed by atoms with Crippen LogP contribution < -0.4 is 4.74 Å². The highest BCUT2D eigenvalue weighted by Crippen LogP contribution is 2.49. The average molecular weight is 543 g/mol. The van der Waals surface area contributed by atoms with Gasteiger partial charge in [-0.2, -0.15) is 17.8 Å². The van der Waals surface area contributed by atoms with Crippen LogP contribution in [0.1, 0.15) is 55.5 Å². The van der Waals surface area contributed by atoms with Crippen LogP contribution in [0.2, 0.25) is 0 Å². The zero-order valence-corrected chi connectivity index (χ0v) is 22.8. The number of rotatable bonds is 10. The van der Waals surface area contributed by atoms with Crippen molar-refractivity contribution >= 4 is 21.5 Å². The first kappa shape index (κ1) is 26.3. The van der Waals surface area contributed by atoms with E-state index in [1.807, 2.05) is 29.8 Å². The van der Waals surface area contributed by atoms with Crippen molar-refractivity contribution in [2.75, 3.05) is 20.3 Å². The van der Waals surface area contributed by atoms with Crippen molar-refractivity contribution in [3.63, 3.8) is 0 Å². The molecular formula is C28H34N2O5S2. The monoisotopic (exact) mass is 542 g/mol. The van der Waals surface area contributed by atoms with Crippen LogP contribution in [0.25, 0.3) is 0 Å². The van der Waals surface area contributed by atoms with Gasteiger partial charge in [0.15, 0.2) is 0 Å². The minimum Gasteiger partial charge on any atom is -0.496 e. The first-order valence-electron chi connectivity index (χ1n) is 12.8. The third kappa shape index (κ3) is 5.91. The van der Waals surface area contributed by atoms with Gasteiger partial charge in [0.1, 0.15) is 5.75 Å². The predicted molar refractivity (Wildman–Crippen MR) is 143 cm³/mol. The van der Waals surface area contributed by atoms with Gasteiger partial charge in [-0.15, -0.1) is 11.3 Å². The lowest BCUT2D eigenvalue weighted by Crippen LogP contribution is -2.47. The molecule has 3 aromatic rings. The largest absolute Gasteiger partial charge is 0.496 e. The smallest absolute Gasteiger partial charge is 0.313 e. The number of hydroxylamine groups is 2.